The Morgan fingerprint density at radius 1 is 1.41 bits per heavy atom. The molecule has 0 spiro atoms. The van der Waals surface area contributed by atoms with Crippen LogP contribution < -0.4 is 5.73 Å². The minimum atomic E-state index is -0.325. The van der Waals surface area contributed by atoms with Gasteiger partial charge in [-0.2, -0.15) is 0 Å². The van der Waals surface area contributed by atoms with Crippen molar-refractivity contribution in [3.63, 3.8) is 0 Å². The van der Waals surface area contributed by atoms with Crippen LogP contribution in [0.15, 0.2) is 24.3 Å². The number of carbonyl (C=O) groups excluding carboxylic acids is 1. The SMILES string of the molecule is CCCOC(=O)c1cccc(-n2nnc(CN)c2C(C)C)c1. The molecular formula is C16H22N4O2. The monoisotopic (exact) mass is 302 g/mol. The van der Waals surface area contributed by atoms with Gasteiger partial charge in [0.25, 0.3) is 0 Å². The number of aromatic nitrogens is 3. The molecule has 0 saturated carbocycles. The highest BCUT2D eigenvalue weighted by atomic mass is 16.5. The van der Waals surface area contributed by atoms with E-state index in [2.05, 4.69) is 24.2 Å². The minimum absolute atomic E-state index is 0.226. The molecule has 6 nitrogen and oxygen atoms in total. The molecule has 0 aliphatic rings. The van der Waals surface area contributed by atoms with Gasteiger partial charge in [0.2, 0.25) is 0 Å². The molecule has 0 bridgehead atoms. The molecule has 2 aromatic rings. The molecule has 0 atom stereocenters. The number of nitrogens with two attached hydrogens (primary N) is 1. The van der Waals surface area contributed by atoms with E-state index in [1.165, 1.54) is 0 Å². The van der Waals surface area contributed by atoms with Crippen LogP contribution in [0.1, 0.15) is 54.9 Å². The largest absolute Gasteiger partial charge is 0.462 e. The van der Waals surface area contributed by atoms with Crippen molar-refractivity contribution in [2.24, 2.45) is 5.73 Å². The lowest BCUT2D eigenvalue weighted by Gasteiger charge is -2.11. The molecule has 22 heavy (non-hydrogen) atoms. The summed E-state index contributed by atoms with van der Waals surface area (Å²) >= 11 is 0. The summed E-state index contributed by atoms with van der Waals surface area (Å²) in [7, 11) is 0. The summed E-state index contributed by atoms with van der Waals surface area (Å²) in [6.45, 7) is 6.84. The number of nitrogens with zero attached hydrogens (tertiary/aromatic N) is 3. The lowest BCUT2D eigenvalue weighted by molar-refractivity contribution is 0.0505. The number of carbonyl (C=O) groups is 1. The van der Waals surface area contributed by atoms with Crippen LogP contribution in [-0.4, -0.2) is 27.6 Å². The van der Waals surface area contributed by atoms with Crippen molar-refractivity contribution in [3.05, 3.63) is 41.2 Å². The van der Waals surface area contributed by atoms with Gasteiger partial charge >= 0.3 is 5.97 Å². The van der Waals surface area contributed by atoms with Gasteiger partial charge in [-0.3, -0.25) is 0 Å². The van der Waals surface area contributed by atoms with Gasteiger partial charge in [-0.25, -0.2) is 9.48 Å². The van der Waals surface area contributed by atoms with Gasteiger partial charge in [0.1, 0.15) is 5.69 Å². The summed E-state index contributed by atoms with van der Waals surface area (Å²) in [4.78, 5) is 12.0. The topological polar surface area (TPSA) is 83.0 Å². The zero-order valence-corrected chi connectivity index (χ0v) is 13.2. The van der Waals surface area contributed by atoms with Gasteiger partial charge in [0, 0.05) is 6.54 Å². The van der Waals surface area contributed by atoms with E-state index in [1.54, 1.807) is 16.8 Å². The van der Waals surface area contributed by atoms with Crippen LogP contribution in [0.5, 0.6) is 0 Å². The average molecular weight is 302 g/mol. The molecule has 0 amide bonds. The second-order valence-electron chi connectivity index (χ2n) is 5.38. The van der Waals surface area contributed by atoms with Gasteiger partial charge < -0.3 is 10.5 Å². The fourth-order valence-electron chi connectivity index (χ4n) is 2.28. The maximum atomic E-state index is 12.0. The van der Waals surface area contributed by atoms with E-state index >= 15 is 0 Å². The molecule has 6 heteroatoms. The quantitative estimate of drug-likeness (QED) is 0.828. The molecular weight excluding hydrogens is 280 g/mol. The number of esters is 1. The second-order valence-corrected chi connectivity index (χ2v) is 5.38. The van der Waals surface area contributed by atoms with E-state index in [9.17, 15) is 4.79 Å². The zero-order valence-electron chi connectivity index (χ0n) is 13.2. The molecule has 1 heterocycles. The van der Waals surface area contributed by atoms with Crippen LogP contribution in [0.2, 0.25) is 0 Å². The van der Waals surface area contributed by atoms with Crippen molar-refractivity contribution in [3.8, 4) is 5.69 Å². The fraction of sp³-hybridized carbons (Fsp3) is 0.438. The third kappa shape index (κ3) is 3.33. The van der Waals surface area contributed by atoms with Crippen molar-refractivity contribution < 1.29 is 9.53 Å². The van der Waals surface area contributed by atoms with Crippen LogP contribution in [0.4, 0.5) is 0 Å². The number of hydrogen-bond acceptors (Lipinski definition) is 5. The van der Waals surface area contributed by atoms with E-state index in [0.29, 0.717) is 18.7 Å². The lowest BCUT2D eigenvalue weighted by Crippen LogP contribution is -2.10. The van der Waals surface area contributed by atoms with Crippen LogP contribution in [0, 0.1) is 0 Å². The summed E-state index contributed by atoms with van der Waals surface area (Å²) < 4.78 is 6.91. The summed E-state index contributed by atoms with van der Waals surface area (Å²) in [5, 5.41) is 8.30. The molecule has 2 N–H and O–H groups in total. The van der Waals surface area contributed by atoms with Crippen molar-refractivity contribution in [1.82, 2.24) is 15.0 Å². The average Bonchev–Trinajstić information content (AvgIpc) is 2.97. The smallest absolute Gasteiger partial charge is 0.338 e. The highest BCUT2D eigenvalue weighted by molar-refractivity contribution is 5.90. The predicted molar refractivity (Wildman–Crippen MR) is 83.9 cm³/mol. The normalized spacial score (nSPS) is 11.0. The van der Waals surface area contributed by atoms with Crippen molar-refractivity contribution in [2.45, 2.75) is 39.7 Å². The third-order valence-electron chi connectivity index (χ3n) is 3.28. The number of rotatable bonds is 6. The summed E-state index contributed by atoms with van der Waals surface area (Å²) in [5.41, 5.74) is 8.74. The first-order valence-corrected chi connectivity index (χ1v) is 7.50. The van der Waals surface area contributed by atoms with E-state index in [1.807, 2.05) is 19.1 Å². The fourth-order valence-corrected chi connectivity index (χ4v) is 2.28. The molecule has 0 radical (unpaired) electrons. The second kappa shape index (κ2) is 7.17. The number of ether oxygens (including phenoxy) is 1. The van der Waals surface area contributed by atoms with Gasteiger partial charge in [-0.1, -0.05) is 32.1 Å². The number of benzene rings is 1. The van der Waals surface area contributed by atoms with Gasteiger partial charge in [0.05, 0.1) is 23.6 Å². The van der Waals surface area contributed by atoms with Gasteiger partial charge in [-0.05, 0) is 30.5 Å². The standard InChI is InChI=1S/C16H22N4O2/c1-4-8-22-16(21)12-6-5-7-13(9-12)20-15(11(2)3)14(10-17)18-19-20/h5-7,9,11H,4,8,10,17H2,1-3H3. The molecule has 2 rings (SSSR count). The molecule has 1 aromatic carbocycles. The Balaban J connectivity index is 2.38. The first-order chi connectivity index (χ1) is 10.6. The zero-order chi connectivity index (χ0) is 16.1. The van der Waals surface area contributed by atoms with Crippen molar-refractivity contribution in [2.75, 3.05) is 6.61 Å². The summed E-state index contributed by atoms with van der Waals surface area (Å²) in [6, 6.07) is 7.19. The van der Waals surface area contributed by atoms with Gasteiger partial charge in [-0.15, -0.1) is 5.10 Å². The van der Waals surface area contributed by atoms with Crippen molar-refractivity contribution in [1.29, 1.82) is 0 Å². The Bertz CT molecular complexity index is 649. The Labute approximate surface area is 130 Å². The van der Waals surface area contributed by atoms with E-state index in [-0.39, 0.29) is 11.9 Å². The van der Waals surface area contributed by atoms with E-state index in [0.717, 1.165) is 23.5 Å². The highest BCUT2D eigenvalue weighted by Crippen LogP contribution is 2.21. The molecule has 1 aromatic heterocycles. The maximum absolute atomic E-state index is 12.0. The maximum Gasteiger partial charge on any atom is 0.338 e. The minimum Gasteiger partial charge on any atom is -0.462 e. The molecule has 0 saturated heterocycles. The first kappa shape index (κ1) is 16.2. The predicted octanol–water partition coefficient (Wildman–Crippen LogP) is 2.42. The molecule has 118 valence electrons. The van der Waals surface area contributed by atoms with E-state index in [4.69, 9.17) is 10.5 Å². The van der Waals surface area contributed by atoms with Crippen LogP contribution in [-0.2, 0) is 11.3 Å². The first-order valence-electron chi connectivity index (χ1n) is 7.50. The van der Waals surface area contributed by atoms with Crippen molar-refractivity contribution >= 4 is 5.97 Å². The Kier molecular flexibility index (Phi) is 5.27. The third-order valence-corrected chi connectivity index (χ3v) is 3.28. The van der Waals surface area contributed by atoms with Crippen LogP contribution in [0.25, 0.3) is 5.69 Å². The number of hydrogen-bond donors (Lipinski definition) is 1. The highest BCUT2D eigenvalue weighted by Gasteiger charge is 2.17. The molecule has 0 aliphatic carbocycles. The molecule has 0 unspecified atom stereocenters. The summed E-state index contributed by atoms with van der Waals surface area (Å²) in [6.07, 6.45) is 0.797. The Hall–Kier alpha value is -2.21. The summed E-state index contributed by atoms with van der Waals surface area (Å²) in [5.74, 6) is -0.0989. The Morgan fingerprint density at radius 2 is 2.18 bits per heavy atom. The van der Waals surface area contributed by atoms with E-state index < -0.39 is 0 Å². The Morgan fingerprint density at radius 3 is 2.82 bits per heavy atom. The lowest BCUT2D eigenvalue weighted by atomic mass is 10.1. The molecule has 0 fully saturated rings. The van der Waals surface area contributed by atoms with Gasteiger partial charge in [0.15, 0.2) is 0 Å². The van der Waals surface area contributed by atoms with Crippen LogP contribution >= 0.6 is 0 Å². The van der Waals surface area contributed by atoms with Crippen LogP contribution in [0.3, 0.4) is 0 Å². The molecule has 0 aliphatic heterocycles.